The molecule has 0 amide bonds. The fraction of sp³-hybridized carbons (Fsp3) is 0.500. The van der Waals surface area contributed by atoms with Gasteiger partial charge in [-0.05, 0) is 29.2 Å². The van der Waals surface area contributed by atoms with E-state index in [1.807, 2.05) is 11.7 Å². The van der Waals surface area contributed by atoms with Crippen LogP contribution < -0.4 is 0 Å². The third-order valence-corrected chi connectivity index (χ3v) is 2.47. The molecule has 1 aromatic heterocycles. The maximum atomic E-state index is 4.37. The number of thioether (sulfide) groups is 1. The summed E-state index contributed by atoms with van der Waals surface area (Å²) < 4.78 is 1.87. The Bertz CT molecular complexity index is 289. The molecule has 0 unspecified atom stereocenters. The second-order valence-corrected chi connectivity index (χ2v) is 4.01. The van der Waals surface area contributed by atoms with Crippen LogP contribution in [0.1, 0.15) is 25.1 Å². The molecule has 0 aliphatic heterocycles. The Morgan fingerprint density at radius 2 is 2.31 bits per heavy atom. The van der Waals surface area contributed by atoms with Crippen LogP contribution in [0.3, 0.4) is 0 Å². The zero-order valence-corrected chi connectivity index (χ0v) is 9.27. The molecule has 1 aromatic rings. The first-order valence-corrected chi connectivity index (χ1v) is 5.63. The van der Waals surface area contributed by atoms with E-state index >= 15 is 0 Å². The highest BCUT2D eigenvalue weighted by Crippen LogP contribution is 2.11. The van der Waals surface area contributed by atoms with Gasteiger partial charge in [0, 0.05) is 13.2 Å². The van der Waals surface area contributed by atoms with E-state index in [1.165, 1.54) is 5.56 Å². The molecule has 2 nitrogen and oxygen atoms in total. The van der Waals surface area contributed by atoms with Crippen LogP contribution >= 0.6 is 11.8 Å². The quantitative estimate of drug-likeness (QED) is 0.737. The summed E-state index contributed by atoms with van der Waals surface area (Å²) in [7, 11) is 1.96. The molecule has 0 bridgehead atoms. The molecule has 0 radical (unpaired) electrons. The molecule has 0 aliphatic rings. The Balaban J connectivity index is 2.74. The van der Waals surface area contributed by atoms with E-state index in [9.17, 15) is 0 Å². The van der Waals surface area contributed by atoms with Crippen molar-refractivity contribution in [3.05, 3.63) is 22.9 Å². The number of hydrogen-bond acceptors (Lipinski definition) is 2. The summed E-state index contributed by atoms with van der Waals surface area (Å²) in [6, 6.07) is 0. The lowest BCUT2D eigenvalue weighted by Crippen LogP contribution is -1.86. The van der Waals surface area contributed by atoms with Crippen LogP contribution in [0.4, 0.5) is 0 Å². The molecule has 0 atom stereocenters. The van der Waals surface area contributed by atoms with Crippen molar-refractivity contribution >= 4 is 17.8 Å². The molecule has 0 aromatic carbocycles. The lowest BCUT2D eigenvalue weighted by molar-refractivity contribution is 0.764. The van der Waals surface area contributed by atoms with E-state index < -0.39 is 0 Å². The van der Waals surface area contributed by atoms with E-state index in [0.29, 0.717) is 0 Å². The monoisotopic (exact) mass is 196 g/mol. The van der Waals surface area contributed by atoms with E-state index in [0.717, 1.165) is 17.9 Å². The van der Waals surface area contributed by atoms with Gasteiger partial charge in [-0.3, -0.25) is 4.68 Å². The average Bonchev–Trinajstić information content (AvgIpc) is 2.47. The number of nitrogens with zero attached hydrogens (tertiary/aromatic N) is 2. The third-order valence-electron chi connectivity index (χ3n) is 1.81. The van der Waals surface area contributed by atoms with E-state index in [4.69, 9.17) is 0 Å². The molecular weight excluding hydrogens is 180 g/mol. The maximum Gasteiger partial charge on any atom is 0.0887 e. The van der Waals surface area contributed by atoms with Crippen LogP contribution in [0, 0.1) is 0 Å². The van der Waals surface area contributed by atoms with E-state index in [2.05, 4.69) is 36.6 Å². The lowest BCUT2D eigenvalue weighted by Gasteiger charge is -1.90. The SMILES string of the molecule is CCSC=Cc1nn(C)cc1CC. The van der Waals surface area contributed by atoms with Crippen molar-refractivity contribution in [2.75, 3.05) is 5.75 Å². The topological polar surface area (TPSA) is 17.8 Å². The van der Waals surface area contributed by atoms with E-state index in [1.54, 1.807) is 11.8 Å². The summed E-state index contributed by atoms with van der Waals surface area (Å²) >= 11 is 1.80. The van der Waals surface area contributed by atoms with Gasteiger partial charge in [0.1, 0.15) is 0 Å². The maximum absolute atomic E-state index is 4.37. The molecule has 1 rings (SSSR count). The summed E-state index contributed by atoms with van der Waals surface area (Å²) in [6.45, 7) is 4.30. The summed E-state index contributed by atoms with van der Waals surface area (Å²) in [5.74, 6) is 1.12. The first-order chi connectivity index (χ1) is 6.27. The van der Waals surface area contributed by atoms with Crippen LogP contribution in [-0.2, 0) is 13.5 Å². The van der Waals surface area contributed by atoms with Gasteiger partial charge in [0.2, 0.25) is 0 Å². The fourth-order valence-corrected chi connectivity index (χ4v) is 1.59. The Labute approximate surface area is 84.0 Å². The van der Waals surface area contributed by atoms with Crippen molar-refractivity contribution in [3.63, 3.8) is 0 Å². The summed E-state index contributed by atoms with van der Waals surface area (Å²) in [5.41, 5.74) is 2.42. The Morgan fingerprint density at radius 3 is 2.92 bits per heavy atom. The van der Waals surface area contributed by atoms with Gasteiger partial charge < -0.3 is 0 Å². The molecule has 1 heterocycles. The van der Waals surface area contributed by atoms with Gasteiger partial charge in [0.15, 0.2) is 0 Å². The Hall–Kier alpha value is -0.700. The first-order valence-electron chi connectivity index (χ1n) is 4.58. The summed E-state index contributed by atoms with van der Waals surface area (Å²) in [4.78, 5) is 0. The zero-order chi connectivity index (χ0) is 9.68. The molecule has 0 saturated heterocycles. The number of aromatic nitrogens is 2. The number of hydrogen-bond donors (Lipinski definition) is 0. The molecule has 0 N–H and O–H groups in total. The van der Waals surface area contributed by atoms with Gasteiger partial charge >= 0.3 is 0 Å². The predicted molar refractivity (Wildman–Crippen MR) is 59.8 cm³/mol. The molecule has 72 valence electrons. The lowest BCUT2D eigenvalue weighted by atomic mass is 10.2. The predicted octanol–water partition coefficient (Wildman–Crippen LogP) is 2.71. The molecule has 0 spiro atoms. The highest BCUT2D eigenvalue weighted by molar-refractivity contribution is 8.02. The zero-order valence-electron chi connectivity index (χ0n) is 8.45. The first kappa shape index (κ1) is 10.4. The Morgan fingerprint density at radius 1 is 1.54 bits per heavy atom. The van der Waals surface area contributed by atoms with Gasteiger partial charge in [-0.1, -0.05) is 13.8 Å². The normalized spacial score (nSPS) is 11.3. The van der Waals surface area contributed by atoms with Gasteiger partial charge in [0.05, 0.1) is 5.69 Å². The number of rotatable bonds is 4. The van der Waals surface area contributed by atoms with Crippen LogP contribution in [0.5, 0.6) is 0 Å². The fourth-order valence-electron chi connectivity index (χ4n) is 1.18. The third kappa shape index (κ3) is 2.92. The summed E-state index contributed by atoms with van der Waals surface area (Å²) in [5, 5.41) is 6.48. The molecular formula is C10H16N2S. The minimum absolute atomic E-state index is 1.05. The smallest absolute Gasteiger partial charge is 0.0887 e. The van der Waals surface area contributed by atoms with Crippen molar-refractivity contribution < 1.29 is 0 Å². The second-order valence-electron chi connectivity index (χ2n) is 2.82. The van der Waals surface area contributed by atoms with Crippen molar-refractivity contribution in [1.29, 1.82) is 0 Å². The van der Waals surface area contributed by atoms with Gasteiger partial charge in [-0.25, -0.2) is 0 Å². The van der Waals surface area contributed by atoms with Crippen LogP contribution in [0.25, 0.3) is 6.08 Å². The van der Waals surface area contributed by atoms with Crippen molar-refractivity contribution in [3.8, 4) is 0 Å². The van der Waals surface area contributed by atoms with Gasteiger partial charge in [-0.2, -0.15) is 5.10 Å². The Kier molecular flexibility index (Phi) is 4.09. The van der Waals surface area contributed by atoms with Crippen LogP contribution in [0.15, 0.2) is 11.6 Å². The van der Waals surface area contributed by atoms with E-state index in [-0.39, 0.29) is 0 Å². The minimum atomic E-state index is 1.05. The molecule has 0 saturated carbocycles. The summed E-state index contributed by atoms with van der Waals surface area (Å²) in [6.07, 6.45) is 5.22. The molecule has 13 heavy (non-hydrogen) atoms. The van der Waals surface area contributed by atoms with Crippen LogP contribution in [0.2, 0.25) is 0 Å². The molecule has 0 fully saturated rings. The highest BCUT2D eigenvalue weighted by atomic mass is 32.2. The van der Waals surface area contributed by atoms with Crippen molar-refractivity contribution in [2.24, 2.45) is 7.05 Å². The van der Waals surface area contributed by atoms with Crippen molar-refractivity contribution in [1.82, 2.24) is 9.78 Å². The minimum Gasteiger partial charge on any atom is -0.275 e. The van der Waals surface area contributed by atoms with Crippen LogP contribution in [-0.4, -0.2) is 15.5 Å². The van der Waals surface area contributed by atoms with Crippen molar-refractivity contribution in [2.45, 2.75) is 20.3 Å². The highest BCUT2D eigenvalue weighted by Gasteiger charge is 2.00. The molecule has 0 aliphatic carbocycles. The largest absolute Gasteiger partial charge is 0.275 e. The number of aryl methyl sites for hydroxylation is 2. The standard InChI is InChI=1S/C10H16N2S/c1-4-9-8-12(3)11-10(9)6-7-13-5-2/h6-8H,4-5H2,1-3H3. The molecule has 3 heteroatoms. The average molecular weight is 196 g/mol. The second kappa shape index (κ2) is 5.12. The van der Waals surface area contributed by atoms with Gasteiger partial charge in [0.25, 0.3) is 0 Å². The van der Waals surface area contributed by atoms with Gasteiger partial charge in [-0.15, -0.1) is 11.8 Å².